The molecule has 1 unspecified atom stereocenters. The highest BCUT2D eigenvalue weighted by atomic mass is 16.5. The normalized spacial score (nSPS) is 28.8. The number of ether oxygens (including phenoxy) is 1. The summed E-state index contributed by atoms with van der Waals surface area (Å²) < 4.78 is 5.38. The number of methoxy groups -OCH3 is 1. The number of amides is 2. The van der Waals surface area contributed by atoms with Gasteiger partial charge in [-0.25, -0.2) is 0 Å². The molecule has 0 aromatic heterocycles. The van der Waals surface area contributed by atoms with Gasteiger partial charge in [-0.3, -0.25) is 9.59 Å². The molecule has 1 aromatic carbocycles. The topological polar surface area (TPSA) is 61.9 Å². The Labute approximate surface area is 154 Å². The van der Waals surface area contributed by atoms with E-state index in [1.54, 1.807) is 12.0 Å². The Morgan fingerprint density at radius 3 is 2.54 bits per heavy atom. The van der Waals surface area contributed by atoms with Crippen molar-refractivity contribution in [3.63, 3.8) is 0 Å². The van der Waals surface area contributed by atoms with Crippen LogP contribution in [0.15, 0.2) is 24.3 Å². The summed E-state index contributed by atoms with van der Waals surface area (Å²) in [5.74, 6) is 1.96. The summed E-state index contributed by atoms with van der Waals surface area (Å²) in [6, 6.07) is 7.50. The summed E-state index contributed by atoms with van der Waals surface area (Å²) in [7, 11) is 1.60. The number of nitrogens with zero attached hydrogens (tertiary/aromatic N) is 2. The van der Waals surface area contributed by atoms with Crippen LogP contribution in [0.2, 0.25) is 0 Å². The highest BCUT2D eigenvalue weighted by molar-refractivity contribution is 6.01. The van der Waals surface area contributed by atoms with Crippen molar-refractivity contribution in [3.8, 4) is 5.75 Å². The maximum Gasteiger partial charge on any atom is 0.228 e. The van der Waals surface area contributed by atoms with Crippen LogP contribution in [0.5, 0.6) is 5.75 Å². The minimum atomic E-state index is -0.247. The number of carbonyl (C=O) groups excluding carboxylic acids is 2. The molecule has 6 nitrogen and oxygen atoms in total. The number of carbonyl (C=O) groups is 2. The van der Waals surface area contributed by atoms with Crippen LogP contribution in [0.4, 0.5) is 5.69 Å². The van der Waals surface area contributed by atoms with Crippen LogP contribution in [-0.4, -0.2) is 56.5 Å². The number of anilines is 1. The van der Waals surface area contributed by atoms with Crippen LogP contribution in [0, 0.1) is 17.8 Å². The largest absolute Gasteiger partial charge is 0.495 e. The molecule has 3 saturated heterocycles. The summed E-state index contributed by atoms with van der Waals surface area (Å²) >= 11 is 0. The van der Waals surface area contributed by atoms with Crippen LogP contribution < -0.4 is 15.0 Å². The number of nitrogens with one attached hydrogen (secondary N) is 1. The van der Waals surface area contributed by atoms with E-state index in [0.717, 1.165) is 44.7 Å². The fourth-order valence-electron chi connectivity index (χ4n) is 4.66. The van der Waals surface area contributed by atoms with Crippen molar-refractivity contribution in [1.29, 1.82) is 0 Å². The van der Waals surface area contributed by atoms with E-state index >= 15 is 0 Å². The average molecular weight is 357 g/mol. The van der Waals surface area contributed by atoms with Gasteiger partial charge in [0, 0.05) is 26.1 Å². The van der Waals surface area contributed by atoms with Crippen molar-refractivity contribution >= 4 is 17.5 Å². The summed E-state index contributed by atoms with van der Waals surface area (Å²) in [6.07, 6.45) is 2.43. The molecule has 0 aliphatic carbocycles. The number of hydrogen-bond acceptors (Lipinski definition) is 4. The third kappa shape index (κ3) is 3.18. The van der Waals surface area contributed by atoms with E-state index in [-0.39, 0.29) is 17.7 Å². The number of benzene rings is 1. The Morgan fingerprint density at radius 1 is 1.15 bits per heavy atom. The zero-order valence-electron chi connectivity index (χ0n) is 15.3. The fourth-order valence-corrected chi connectivity index (χ4v) is 4.66. The van der Waals surface area contributed by atoms with Crippen molar-refractivity contribution in [3.05, 3.63) is 24.3 Å². The second-order valence-electron chi connectivity index (χ2n) is 7.66. The molecule has 2 amide bonds. The van der Waals surface area contributed by atoms with Crippen molar-refractivity contribution in [2.45, 2.75) is 19.3 Å². The molecule has 0 radical (unpaired) electrons. The van der Waals surface area contributed by atoms with Crippen LogP contribution in [-0.2, 0) is 9.59 Å². The maximum absolute atomic E-state index is 13.0. The first kappa shape index (κ1) is 17.3. The number of rotatable bonds is 3. The first-order valence-corrected chi connectivity index (χ1v) is 9.60. The molecule has 4 rings (SSSR count). The molecule has 3 fully saturated rings. The van der Waals surface area contributed by atoms with Crippen molar-refractivity contribution in [2.75, 3.05) is 44.7 Å². The zero-order valence-corrected chi connectivity index (χ0v) is 15.3. The quantitative estimate of drug-likeness (QED) is 0.891. The Kier molecular flexibility index (Phi) is 4.85. The summed E-state index contributed by atoms with van der Waals surface area (Å²) in [4.78, 5) is 29.3. The monoisotopic (exact) mass is 357 g/mol. The minimum Gasteiger partial charge on any atom is -0.495 e. The van der Waals surface area contributed by atoms with E-state index in [0.29, 0.717) is 30.6 Å². The van der Waals surface area contributed by atoms with E-state index in [1.165, 1.54) is 0 Å². The molecular weight excluding hydrogens is 330 g/mol. The highest BCUT2D eigenvalue weighted by Crippen LogP contribution is 2.34. The standard InChI is InChI=1S/C20H27N3O3/c1-26-18-5-3-2-4-17(18)23-13-16(10-19(23)24)20(25)22-8-6-14-11-21-12-15(14)7-9-22/h2-5,14-16,21H,6-13H2,1H3/t14-,15+,16?. The zero-order chi connectivity index (χ0) is 18.1. The molecule has 140 valence electrons. The van der Waals surface area contributed by atoms with E-state index in [4.69, 9.17) is 4.74 Å². The van der Waals surface area contributed by atoms with Gasteiger partial charge in [0.2, 0.25) is 11.8 Å². The predicted molar refractivity (Wildman–Crippen MR) is 99.1 cm³/mol. The number of likely N-dealkylation sites (tertiary alicyclic amines) is 1. The summed E-state index contributed by atoms with van der Waals surface area (Å²) in [6.45, 7) is 4.25. The van der Waals surface area contributed by atoms with Gasteiger partial charge in [-0.1, -0.05) is 12.1 Å². The van der Waals surface area contributed by atoms with Gasteiger partial charge in [0.25, 0.3) is 0 Å². The van der Waals surface area contributed by atoms with E-state index in [2.05, 4.69) is 5.32 Å². The molecule has 6 heteroatoms. The maximum atomic E-state index is 13.0. The van der Waals surface area contributed by atoms with Crippen LogP contribution in [0.3, 0.4) is 0 Å². The van der Waals surface area contributed by atoms with Crippen LogP contribution in [0.25, 0.3) is 0 Å². The molecule has 0 bridgehead atoms. The smallest absolute Gasteiger partial charge is 0.228 e. The van der Waals surface area contributed by atoms with Gasteiger partial charge in [-0.2, -0.15) is 0 Å². The second kappa shape index (κ2) is 7.27. The molecule has 3 atom stereocenters. The lowest BCUT2D eigenvalue weighted by molar-refractivity contribution is -0.135. The molecule has 3 heterocycles. The third-order valence-corrected chi connectivity index (χ3v) is 6.18. The van der Waals surface area contributed by atoms with Gasteiger partial charge in [0.05, 0.1) is 18.7 Å². The number of fused-ring (bicyclic) bond motifs is 1. The van der Waals surface area contributed by atoms with Gasteiger partial charge in [-0.15, -0.1) is 0 Å². The molecular formula is C20H27N3O3. The Bertz CT molecular complexity index is 679. The van der Waals surface area contributed by atoms with Gasteiger partial charge in [-0.05, 0) is 49.9 Å². The Balaban J connectivity index is 1.44. The Morgan fingerprint density at radius 2 is 1.85 bits per heavy atom. The third-order valence-electron chi connectivity index (χ3n) is 6.18. The first-order chi connectivity index (χ1) is 12.7. The number of para-hydroxylation sites is 2. The molecule has 1 N–H and O–H groups in total. The van der Waals surface area contributed by atoms with Crippen LogP contribution >= 0.6 is 0 Å². The molecule has 1 aromatic rings. The average Bonchev–Trinajstić information content (AvgIpc) is 3.22. The molecule has 3 aliphatic heterocycles. The molecule has 26 heavy (non-hydrogen) atoms. The van der Waals surface area contributed by atoms with Crippen molar-refractivity contribution in [1.82, 2.24) is 10.2 Å². The summed E-state index contributed by atoms with van der Waals surface area (Å²) in [5, 5.41) is 3.47. The lowest BCUT2D eigenvalue weighted by atomic mass is 9.92. The van der Waals surface area contributed by atoms with E-state index in [1.807, 2.05) is 29.2 Å². The SMILES string of the molecule is COc1ccccc1N1CC(C(=O)N2CC[C@@H]3CNC[C@@H]3CC2)CC1=O. The van der Waals surface area contributed by atoms with Gasteiger partial charge >= 0.3 is 0 Å². The summed E-state index contributed by atoms with van der Waals surface area (Å²) in [5.41, 5.74) is 0.756. The first-order valence-electron chi connectivity index (χ1n) is 9.60. The fraction of sp³-hybridized carbons (Fsp3) is 0.600. The van der Waals surface area contributed by atoms with E-state index in [9.17, 15) is 9.59 Å². The lowest BCUT2D eigenvalue weighted by Gasteiger charge is -2.24. The van der Waals surface area contributed by atoms with E-state index < -0.39 is 0 Å². The predicted octanol–water partition coefficient (Wildman–Crippen LogP) is 1.51. The van der Waals surface area contributed by atoms with Crippen LogP contribution in [0.1, 0.15) is 19.3 Å². The highest BCUT2D eigenvalue weighted by Gasteiger charge is 2.39. The lowest BCUT2D eigenvalue weighted by Crippen LogP contribution is -2.38. The molecule has 0 spiro atoms. The van der Waals surface area contributed by atoms with Gasteiger partial charge in [0.15, 0.2) is 0 Å². The second-order valence-corrected chi connectivity index (χ2v) is 7.66. The van der Waals surface area contributed by atoms with Gasteiger partial charge < -0.3 is 19.9 Å². The molecule has 0 saturated carbocycles. The van der Waals surface area contributed by atoms with Crippen molar-refractivity contribution < 1.29 is 14.3 Å². The minimum absolute atomic E-state index is 0.00346. The Hall–Kier alpha value is -2.08. The number of hydrogen-bond donors (Lipinski definition) is 1. The van der Waals surface area contributed by atoms with Crippen molar-refractivity contribution in [2.24, 2.45) is 17.8 Å². The van der Waals surface area contributed by atoms with Gasteiger partial charge in [0.1, 0.15) is 5.75 Å². The molecule has 3 aliphatic rings.